The number of aromatic hydroxyl groups is 1. The molecule has 2 aromatic rings. The van der Waals surface area contributed by atoms with Crippen molar-refractivity contribution >= 4 is 0 Å². The molecule has 0 aromatic carbocycles. The molecule has 0 aliphatic heterocycles. The lowest BCUT2D eigenvalue weighted by molar-refractivity contribution is -0.141. The summed E-state index contributed by atoms with van der Waals surface area (Å²) in [4.78, 5) is 3.87. The lowest BCUT2D eigenvalue weighted by atomic mass is 10.1. The van der Waals surface area contributed by atoms with E-state index in [1.54, 1.807) is 19.2 Å². The maximum atomic E-state index is 12.3. The van der Waals surface area contributed by atoms with Crippen LogP contribution < -0.4 is 0 Å². The van der Waals surface area contributed by atoms with Crippen molar-refractivity contribution in [2.45, 2.75) is 13.1 Å². The first-order chi connectivity index (χ1) is 8.38. The zero-order valence-corrected chi connectivity index (χ0v) is 9.23. The van der Waals surface area contributed by atoms with Gasteiger partial charge < -0.3 is 5.11 Å². The fraction of sp³-hybridized carbons (Fsp3) is 0.182. The summed E-state index contributed by atoms with van der Waals surface area (Å²) in [7, 11) is 0. The summed E-state index contributed by atoms with van der Waals surface area (Å²) >= 11 is 0. The Hall–Kier alpha value is -2.18. The molecule has 7 heteroatoms. The van der Waals surface area contributed by atoms with Gasteiger partial charge in [0.1, 0.15) is 11.4 Å². The molecule has 4 nitrogen and oxygen atoms in total. The van der Waals surface area contributed by atoms with Gasteiger partial charge in [-0.1, -0.05) is 0 Å². The van der Waals surface area contributed by atoms with Crippen molar-refractivity contribution in [2.24, 2.45) is 0 Å². The zero-order chi connectivity index (χ0) is 13.3. The SMILES string of the molecule is Cc1cncc(-c2nnc(C(F)(F)F)cc2O)c1. The summed E-state index contributed by atoms with van der Waals surface area (Å²) in [6.07, 6.45) is -1.66. The Morgan fingerprint density at radius 1 is 1.11 bits per heavy atom. The Labute approximate surface area is 100 Å². The standard InChI is InChI=1S/C11H8F3N3O/c1-6-2-7(5-15-4-6)10-8(18)3-9(16-17-10)11(12,13)14/h2-5H,1H3,(H,16,18). The van der Waals surface area contributed by atoms with Crippen LogP contribution in [0.5, 0.6) is 5.75 Å². The highest BCUT2D eigenvalue weighted by Crippen LogP contribution is 2.33. The summed E-state index contributed by atoms with van der Waals surface area (Å²) in [5.41, 5.74) is -0.0501. The van der Waals surface area contributed by atoms with E-state index < -0.39 is 17.6 Å². The summed E-state index contributed by atoms with van der Waals surface area (Å²) in [6, 6.07) is 2.19. The molecule has 0 radical (unpaired) electrons. The molecule has 18 heavy (non-hydrogen) atoms. The summed E-state index contributed by atoms with van der Waals surface area (Å²) in [5.74, 6) is -0.579. The fourth-order valence-corrected chi connectivity index (χ4v) is 1.41. The van der Waals surface area contributed by atoms with Gasteiger partial charge in [-0.15, -0.1) is 10.2 Å². The molecule has 0 aliphatic rings. The van der Waals surface area contributed by atoms with Gasteiger partial charge in [0.2, 0.25) is 0 Å². The van der Waals surface area contributed by atoms with Crippen molar-refractivity contribution in [1.29, 1.82) is 0 Å². The molecule has 0 bridgehead atoms. The normalized spacial score (nSPS) is 11.6. The minimum atomic E-state index is -4.63. The van der Waals surface area contributed by atoms with Crippen LogP contribution in [0.3, 0.4) is 0 Å². The number of hydrogen-bond acceptors (Lipinski definition) is 4. The van der Waals surface area contributed by atoms with Gasteiger partial charge in [-0.3, -0.25) is 4.98 Å². The molecular weight excluding hydrogens is 247 g/mol. The predicted octanol–water partition coefficient (Wildman–Crippen LogP) is 2.57. The molecule has 0 fully saturated rings. The van der Waals surface area contributed by atoms with Gasteiger partial charge in [-0.25, -0.2) is 0 Å². The largest absolute Gasteiger partial charge is 0.506 e. The average Bonchev–Trinajstić information content (AvgIpc) is 2.27. The zero-order valence-electron chi connectivity index (χ0n) is 9.23. The maximum absolute atomic E-state index is 12.3. The minimum Gasteiger partial charge on any atom is -0.506 e. The summed E-state index contributed by atoms with van der Waals surface area (Å²) < 4.78 is 37.0. The third kappa shape index (κ3) is 2.39. The number of rotatable bonds is 1. The number of pyridine rings is 1. The van der Waals surface area contributed by atoms with E-state index in [-0.39, 0.29) is 5.69 Å². The quantitative estimate of drug-likeness (QED) is 0.850. The highest BCUT2D eigenvalue weighted by atomic mass is 19.4. The molecule has 0 saturated heterocycles. The molecule has 0 spiro atoms. The highest BCUT2D eigenvalue weighted by molar-refractivity contribution is 5.64. The molecule has 2 heterocycles. The molecule has 0 amide bonds. The number of aryl methyl sites for hydroxylation is 1. The van der Waals surface area contributed by atoms with Gasteiger partial charge in [0.05, 0.1) is 0 Å². The molecule has 1 N–H and O–H groups in total. The Morgan fingerprint density at radius 3 is 2.39 bits per heavy atom. The van der Waals surface area contributed by atoms with E-state index in [9.17, 15) is 18.3 Å². The maximum Gasteiger partial charge on any atom is 0.435 e. The van der Waals surface area contributed by atoms with Gasteiger partial charge in [0.25, 0.3) is 0 Å². The average molecular weight is 255 g/mol. The van der Waals surface area contributed by atoms with Gasteiger partial charge in [-0.05, 0) is 18.6 Å². The third-order valence-corrected chi connectivity index (χ3v) is 2.21. The second-order valence-electron chi connectivity index (χ2n) is 3.71. The first-order valence-electron chi connectivity index (χ1n) is 4.94. The lowest BCUT2D eigenvalue weighted by Gasteiger charge is -2.07. The van der Waals surface area contributed by atoms with Crippen molar-refractivity contribution in [2.75, 3.05) is 0 Å². The number of hydrogen-bond donors (Lipinski definition) is 1. The molecule has 2 aromatic heterocycles. The van der Waals surface area contributed by atoms with Gasteiger partial charge in [0, 0.05) is 24.0 Å². The van der Waals surface area contributed by atoms with Crippen molar-refractivity contribution in [3.8, 4) is 17.0 Å². The van der Waals surface area contributed by atoms with Crippen molar-refractivity contribution in [3.05, 3.63) is 35.8 Å². The van der Waals surface area contributed by atoms with Crippen LogP contribution in [0.15, 0.2) is 24.5 Å². The summed E-state index contributed by atoms with van der Waals surface area (Å²) in [6.45, 7) is 1.77. The van der Waals surface area contributed by atoms with Crippen LogP contribution in [0.25, 0.3) is 11.3 Å². The van der Waals surface area contributed by atoms with Crippen LogP contribution in [-0.2, 0) is 6.18 Å². The van der Waals surface area contributed by atoms with E-state index in [0.29, 0.717) is 11.6 Å². The third-order valence-electron chi connectivity index (χ3n) is 2.21. The number of halogens is 3. The molecule has 0 saturated carbocycles. The van der Waals surface area contributed by atoms with Crippen LogP contribution >= 0.6 is 0 Å². The van der Waals surface area contributed by atoms with Crippen LogP contribution in [0, 0.1) is 6.92 Å². The van der Waals surface area contributed by atoms with E-state index in [0.717, 1.165) is 5.56 Å². The van der Waals surface area contributed by atoms with E-state index in [4.69, 9.17) is 0 Å². The molecule has 0 unspecified atom stereocenters. The highest BCUT2D eigenvalue weighted by Gasteiger charge is 2.34. The Morgan fingerprint density at radius 2 is 1.83 bits per heavy atom. The van der Waals surface area contributed by atoms with Crippen LogP contribution in [0.2, 0.25) is 0 Å². The van der Waals surface area contributed by atoms with Crippen LogP contribution in [0.4, 0.5) is 13.2 Å². The number of nitrogens with zero attached hydrogens (tertiary/aromatic N) is 3. The fourth-order valence-electron chi connectivity index (χ4n) is 1.41. The Kier molecular flexibility index (Phi) is 2.90. The van der Waals surface area contributed by atoms with E-state index in [2.05, 4.69) is 15.2 Å². The first-order valence-corrected chi connectivity index (χ1v) is 4.94. The Bertz CT molecular complexity index is 584. The smallest absolute Gasteiger partial charge is 0.435 e. The number of alkyl halides is 3. The first kappa shape index (κ1) is 12.3. The van der Waals surface area contributed by atoms with Crippen molar-refractivity contribution < 1.29 is 18.3 Å². The van der Waals surface area contributed by atoms with Gasteiger partial charge >= 0.3 is 6.18 Å². The molecular formula is C11H8F3N3O. The van der Waals surface area contributed by atoms with E-state index >= 15 is 0 Å². The van der Waals surface area contributed by atoms with Crippen LogP contribution in [0.1, 0.15) is 11.3 Å². The van der Waals surface area contributed by atoms with Crippen LogP contribution in [-0.4, -0.2) is 20.3 Å². The van der Waals surface area contributed by atoms with E-state index in [1.807, 2.05) is 0 Å². The number of aromatic nitrogens is 3. The lowest BCUT2D eigenvalue weighted by Crippen LogP contribution is -2.09. The molecule has 94 valence electrons. The Balaban J connectivity index is 2.48. The molecule has 0 atom stereocenters. The summed E-state index contributed by atoms with van der Waals surface area (Å²) in [5, 5.41) is 16.0. The monoisotopic (exact) mass is 255 g/mol. The van der Waals surface area contributed by atoms with Gasteiger partial charge in [-0.2, -0.15) is 13.2 Å². The van der Waals surface area contributed by atoms with E-state index in [1.165, 1.54) is 6.20 Å². The van der Waals surface area contributed by atoms with Gasteiger partial charge in [0.15, 0.2) is 5.69 Å². The topological polar surface area (TPSA) is 58.9 Å². The van der Waals surface area contributed by atoms with Crippen molar-refractivity contribution in [1.82, 2.24) is 15.2 Å². The second-order valence-corrected chi connectivity index (χ2v) is 3.71. The second kappa shape index (κ2) is 4.25. The minimum absolute atomic E-state index is 0.0285. The van der Waals surface area contributed by atoms with Crippen molar-refractivity contribution in [3.63, 3.8) is 0 Å². The predicted molar refractivity (Wildman–Crippen MR) is 56.7 cm³/mol. The molecule has 0 aliphatic carbocycles. The molecule has 2 rings (SSSR count).